The minimum absolute atomic E-state index is 0.0491. The molecule has 0 unspecified atom stereocenters. The summed E-state index contributed by atoms with van der Waals surface area (Å²) in [6, 6.07) is 36.1. The minimum Gasteiger partial charge on any atom is -0.465 e. The van der Waals surface area contributed by atoms with Gasteiger partial charge >= 0.3 is 5.97 Å². The average molecular weight is 841 g/mol. The molecule has 58 heavy (non-hydrogen) atoms. The first kappa shape index (κ1) is 42.7. The number of methoxy groups -OCH3 is 1. The van der Waals surface area contributed by atoms with Gasteiger partial charge in [0.1, 0.15) is 0 Å². The topological polar surface area (TPSA) is 111 Å². The zero-order valence-electron chi connectivity index (χ0n) is 33.3. The molecule has 10 nitrogen and oxygen atoms in total. The molecule has 1 fully saturated rings. The van der Waals surface area contributed by atoms with Crippen LogP contribution in [0.25, 0.3) is 11.1 Å². The first-order valence-corrected chi connectivity index (χ1v) is 22.1. The van der Waals surface area contributed by atoms with E-state index in [1.165, 1.54) is 30.4 Å². The number of carbonyl (C=O) groups excluding carboxylic acids is 2. The van der Waals surface area contributed by atoms with Gasteiger partial charge in [-0.1, -0.05) is 66.2 Å². The Kier molecular flexibility index (Phi) is 14.5. The van der Waals surface area contributed by atoms with Crippen LogP contribution in [-0.2, 0) is 21.3 Å². The number of benzene rings is 5. The van der Waals surface area contributed by atoms with E-state index in [1.807, 2.05) is 68.7 Å². The van der Waals surface area contributed by atoms with Gasteiger partial charge in [-0.15, -0.1) is 11.8 Å². The van der Waals surface area contributed by atoms with E-state index < -0.39 is 21.9 Å². The summed E-state index contributed by atoms with van der Waals surface area (Å²) in [4.78, 5) is 34.2. The van der Waals surface area contributed by atoms with Crippen LogP contribution in [0.15, 0.2) is 125 Å². The molecule has 0 saturated carbocycles. The third-order valence-electron chi connectivity index (χ3n) is 10.2. The van der Waals surface area contributed by atoms with Crippen LogP contribution in [0.1, 0.15) is 38.3 Å². The summed E-state index contributed by atoms with van der Waals surface area (Å²) in [5, 5.41) is 4.23. The highest BCUT2D eigenvalue weighted by atomic mass is 35.5. The van der Waals surface area contributed by atoms with Gasteiger partial charge < -0.3 is 19.9 Å². The fourth-order valence-electron chi connectivity index (χ4n) is 6.94. The molecule has 13 heteroatoms. The molecule has 1 saturated heterocycles. The van der Waals surface area contributed by atoms with Crippen LogP contribution in [0.4, 0.5) is 11.4 Å². The molecule has 1 heterocycles. The number of hydrogen-bond acceptors (Lipinski definition) is 10. The number of amides is 1. The third-order valence-corrected chi connectivity index (χ3v) is 12.9. The fraction of sp³-hybridized carbons (Fsp3) is 0.289. The van der Waals surface area contributed by atoms with Crippen molar-refractivity contribution in [1.29, 1.82) is 0 Å². The molecule has 0 aromatic heterocycles. The number of carbonyl (C=O) groups is 2. The van der Waals surface area contributed by atoms with Crippen molar-refractivity contribution in [3.05, 3.63) is 143 Å². The van der Waals surface area contributed by atoms with Crippen molar-refractivity contribution >= 4 is 56.6 Å². The average Bonchev–Trinajstić information content (AvgIpc) is 3.23. The van der Waals surface area contributed by atoms with E-state index in [-0.39, 0.29) is 22.1 Å². The maximum Gasteiger partial charge on any atom is 0.340 e. The van der Waals surface area contributed by atoms with Crippen LogP contribution in [0.3, 0.4) is 0 Å². The number of nitrogens with one attached hydrogen (secondary N) is 2. The summed E-state index contributed by atoms with van der Waals surface area (Å²) in [6.45, 7) is 6.70. The van der Waals surface area contributed by atoms with Crippen molar-refractivity contribution in [2.75, 3.05) is 69.9 Å². The largest absolute Gasteiger partial charge is 0.465 e. The van der Waals surface area contributed by atoms with Crippen molar-refractivity contribution in [1.82, 2.24) is 14.5 Å². The van der Waals surface area contributed by atoms with Crippen LogP contribution in [0.5, 0.6) is 0 Å². The lowest BCUT2D eigenvalue weighted by atomic mass is 9.99. The normalized spacial score (nSPS) is 13.9. The lowest BCUT2D eigenvalue weighted by Crippen LogP contribution is -2.46. The highest BCUT2D eigenvalue weighted by Crippen LogP contribution is 2.30. The Hall–Kier alpha value is -4.85. The molecule has 1 aliphatic rings. The van der Waals surface area contributed by atoms with Gasteiger partial charge in [0.25, 0.3) is 15.9 Å². The van der Waals surface area contributed by atoms with Gasteiger partial charge in [-0.3, -0.25) is 9.69 Å². The van der Waals surface area contributed by atoms with Crippen molar-refractivity contribution in [3.8, 4) is 11.1 Å². The Morgan fingerprint density at radius 3 is 2.22 bits per heavy atom. The maximum atomic E-state index is 13.7. The van der Waals surface area contributed by atoms with Gasteiger partial charge in [-0.25, -0.2) is 17.9 Å². The molecule has 5 aromatic carbocycles. The van der Waals surface area contributed by atoms with Crippen LogP contribution in [0, 0.1) is 6.92 Å². The summed E-state index contributed by atoms with van der Waals surface area (Å²) in [7, 11) is 0.902. The standard InChI is InChI=1S/C45H50ClN5O5S2/c1-32-28-40(29-42(45(53)56-4)43(32)47-37(22-23-49(2)3)31-57-39-11-6-5-7-12-39)58(54,55)48-44(52)34-16-20-38(21-17-34)51-26-24-50(25-27-51)30-35-10-8-9-13-41(35)33-14-18-36(46)19-15-33/h5-21,28-29,37,47H,22-27,30-31H2,1-4H3,(H,48,52)/t37-/m1/s1. The summed E-state index contributed by atoms with van der Waals surface area (Å²) >= 11 is 7.83. The van der Waals surface area contributed by atoms with E-state index in [2.05, 4.69) is 61.1 Å². The molecule has 0 radical (unpaired) electrons. The molecule has 1 atom stereocenters. The monoisotopic (exact) mass is 839 g/mol. The van der Waals surface area contributed by atoms with Gasteiger partial charge in [0.15, 0.2) is 0 Å². The molecule has 0 spiro atoms. The van der Waals surface area contributed by atoms with Crippen molar-refractivity contribution < 1.29 is 22.7 Å². The molecule has 0 bridgehead atoms. The number of sulfonamides is 1. The van der Waals surface area contributed by atoms with Gasteiger partial charge in [0.05, 0.1) is 23.3 Å². The smallest absolute Gasteiger partial charge is 0.340 e. The Balaban J connectivity index is 1.09. The second kappa shape index (κ2) is 19.7. The maximum absolute atomic E-state index is 13.7. The number of esters is 1. The van der Waals surface area contributed by atoms with E-state index in [9.17, 15) is 18.0 Å². The summed E-state index contributed by atoms with van der Waals surface area (Å²) < 4.78 is 34.6. The first-order valence-electron chi connectivity index (χ1n) is 19.2. The molecule has 6 rings (SSSR count). The molecule has 1 amide bonds. The molecule has 304 valence electrons. The SMILES string of the molecule is COC(=O)c1cc(S(=O)(=O)NC(=O)c2ccc(N3CCN(Cc4ccccc4-c4ccc(Cl)cc4)CC3)cc2)cc(C)c1N[C@H](CCN(C)C)CSc1ccccc1. The van der Waals surface area contributed by atoms with E-state index >= 15 is 0 Å². The Bertz CT molecular complexity index is 2280. The number of nitrogens with zero attached hydrogens (tertiary/aromatic N) is 3. The number of piperazine rings is 1. The van der Waals surface area contributed by atoms with Gasteiger partial charge in [-0.05, 0) is 117 Å². The Morgan fingerprint density at radius 2 is 1.55 bits per heavy atom. The number of rotatable bonds is 16. The highest BCUT2D eigenvalue weighted by molar-refractivity contribution is 7.99. The van der Waals surface area contributed by atoms with Crippen LogP contribution in [0.2, 0.25) is 5.02 Å². The predicted molar refractivity (Wildman–Crippen MR) is 236 cm³/mol. The highest BCUT2D eigenvalue weighted by Gasteiger charge is 2.26. The number of halogens is 1. The number of aryl methyl sites for hydroxylation is 1. The second-order valence-corrected chi connectivity index (χ2v) is 17.8. The van der Waals surface area contributed by atoms with Crippen molar-refractivity contribution in [2.45, 2.75) is 35.7 Å². The number of thioether (sulfide) groups is 1. The Morgan fingerprint density at radius 1 is 0.879 bits per heavy atom. The minimum atomic E-state index is -4.36. The van der Waals surface area contributed by atoms with E-state index in [4.69, 9.17) is 16.3 Å². The first-order chi connectivity index (χ1) is 27.9. The summed E-state index contributed by atoms with van der Waals surface area (Å²) in [5.41, 5.74) is 5.84. The zero-order chi connectivity index (χ0) is 41.2. The predicted octanol–water partition coefficient (Wildman–Crippen LogP) is 8.07. The van der Waals surface area contributed by atoms with Crippen LogP contribution < -0.4 is 14.9 Å². The summed E-state index contributed by atoms with van der Waals surface area (Å²) in [5.74, 6) is -0.740. The lowest BCUT2D eigenvalue weighted by molar-refractivity contribution is 0.0601. The van der Waals surface area contributed by atoms with Crippen molar-refractivity contribution in [2.24, 2.45) is 0 Å². The quantitative estimate of drug-likeness (QED) is 0.0748. The number of ether oxygens (including phenoxy) is 1. The van der Waals surface area contributed by atoms with Crippen molar-refractivity contribution in [3.63, 3.8) is 0 Å². The van der Waals surface area contributed by atoms with Crippen LogP contribution >= 0.6 is 23.4 Å². The molecule has 5 aromatic rings. The van der Waals surface area contributed by atoms with Crippen LogP contribution in [-0.4, -0.2) is 95.8 Å². The van der Waals surface area contributed by atoms with E-state index in [0.717, 1.165) is 61.8 Å². The fourth-order valence-corrected chi connectivity index (χ4v) is 9.14. The molecule has 2 N–H and O–H groups in total. The van der Waals surface area contributed by atoms with E-state index in [0.29, 0.717) is 22.0 Å². The van der Waals surface area contributed by atoms with E-state index in [1.54, 1.807) is 30.8 Å². The second-order valence-electron chi connectivity index (χ2n) is 14.6. The summed E-state index contributed by atoms with van der Waals surface area (Å²) in [6.07, 6.45) is 0.777. The lowest BCUT2D eigenvalue weighted by Gasteiger charge is -2.36. The molecular weight excluding hydrogens is 790 g/mol. The molecule has 0 aliphatic carbocycles. The Labute approximate surface area is 351 Å². The number of anilines is 2. The third kappa shape index (κ3) is 11.2. The van der Waals surface area contributed by atoms with Gasteiger partial charge in [0.2, 0.25) is 0 Å². The number of hydrogen-bond donors (Lipinski definition) is 2. The molecule has 1 aliphatic heterocycles. The van der Waals surface area contributed by atoms with Gasteiger partial charge in [0, 0.05) is 65.7 Å². The zero-order valence-corrected chi connectivity index (χ0v) is 35.7. The van der Waals surface area contributed by atoms with Gasteiger partial charge in [-0.2, -0.15) is 0 Å². The molecular formula is C45H50ClN5O5S2.